The van der Waals surface area contributed by atoms with Gasteiger partial charge in [0.25, 0.3) is 0 Å². The van der Waals surface area contributed by atoms with Crippen LogP contribution in [0.2, 0.25) is 0 Å². The number of fused-ring (bicyclic) bond motifs is 4. The molecular formula is C64H44N2. The first kappa shape index (κ1) is 38.9. The predicted molar refractivity (Wildman–Crippen MR) is 280 cm³/mol. The van der Waals surface area contributed by atoms with Gasteiger partial charge in [-0.2, -0.15) is 0 Å². The van der Waals surface area contributed by atoms with Crippen LogP contribution in [0.15, 0.2) is 267 Å². The zero-order valence-electron chi connectivity index (χ0n) is 36.3. The van der Waals surface area contributed by atoms with Crippen LogP contribution in [0.1, 0.15) is 0 Å². The summed E-state index contributed by atoms with van der Waals surface area (Å²) in [7, 11) is 0. The molecule has 1 heterocycles. The summed E-state index contributed by atoms with van der Waals surface area (Å²) >= 11 is 0. The van der Waals surface area contributed by atoms with Crippen LogP contribution in [-0.4, -0.2) is 4.57 Å². The molecule has 0 aliphatic heterocycles. The third-order valence-electron chi connectivity index (χ3n) is 13.0. The largest absolute Gasteiger partial charge is 0.310 e. The molecule has 2 nitrogen and oxygen atoms in total. The molecule has 0 aliphatic carbocycles. The number of nitrogens with zero attached hydrogens (tertiary/aromatic N) is 2. The van der Waals surface area contributed by atoms with Gasteiger partial charge in [-0.15, -0.1) is 0 Å². The molecule has 0 saturated heterocycles. The van der Waals surface area contributed by atoms with Gasteiger partial charge in [-0.05, 0) is 110 Å². The standard InChI is InChI=1S/C64H44N2/c1-3-18-45(19-4-1)50-24-15-26-53(42-50)65(54-27-16-25-51(43-54)46-36-38-49(39-37-46)56-32-17-23-47-22-7-8-28-55(47)56)64-41-40-52(44-60(64)48-20-5-2-6-21-48)57-29-9-12-33-61(57)66-62-34-13-10-30-58(62)59-31-11-14-35-63(59)66/h1-44H. The molecule has 0 N–H and O–H groups in total. The third kappa shape index (κ3) is 7.02. The smallest absolute Gasteiger partial charge is 0.0541 e. The van der Waals surface area contributed by atoms with Crippen LogP contribution >= 0.6 is 0 Å². The second-order valence-electron chi connectivity index (χ2n) is 16.9. The summed E-state index contributed by atoms with van der Waals surface area (Å²) in [6.45, 7) is 0. The van der Waals surface area contributed by atoms with Gasteiger partial charge in [0.1, 0.15) is 0 Å². The lowest BCUT2D eigenvalue weighted by Crippen LogP contribution is -2.11. The van der Waals surface area contributed by atoms with Crippen molar-refractivity contribution in [3.05, 3.63) is 267 Å². The van der Waals surface area contributed by atoms with Crippen molar-refractivity contribution in [2.45, 2.75) is 0 Å². The Labute approximate surface area is 385 Å². The fourth-order valence-corrected chi connectivity index (χ4v) is 9.87. The van der Waals surface area contributed by atoms with Crippen molar-refractivity contribution in [1.82, 2.24) is 4.57 Å². The van der Waals surface area contributed by atoms with Crippen LogP contribution in [-0.2, 0) is 0 Å². The van der Waals surface area contributed by atoms with Gasteiger partial charge in [0, 0.05) is 33.3 Å². The maximum atomic E-state index is 2.44. The quantitative estimate of drug-likeness (QED) is 0.141. The van der Waals surface area contributed by atoms with Crippen LogP contribution in [0.4, 0.5) is 17.1 Å². The molecule has 11 aromatic carbocycles. The summed E-state index contributed by atoms with van der Waals surface area (Å²) in [6, 6.07) is 97.0. The Balaban J connectivity index is 1.03. The molecule has 310 valence electrons. The number of benzene rings is 11. The summed E-state index contributed by atoms with van der Waals surface area (Å²) in [6.07, 6.45) is 0. The van der Waals surface area contributed by atoms with Gasteiger partial charge in [-0.3, -0.25) is 0 Å². The molecule has 12 aromatic rings. The van der Waals surface area contributed by atoms with Crippen LogP contribution < -0.4 is 4.90 Å². The highest BCUT2D eigenvalue weighted by molar-refractivity contribution is 6.10. The Morgan fingerprint density at radius 3 is 1.39 bits per heavy atom. The van der Waals surface area contributed by atoms with Crippen LogP contribution in [0.5, 0.6) is 0 Å². The minimum atomic E-state index is 1.08. The van der Waals surface area contributed by atoms with E-state index in [0.717, 1.165) is 50.6 Å². The van der Waals surface area contributed by atoms with Crippen LogP contribution in [0.25, 0.3) is 93.9 Å². The zero-order chi connectivity index (χ0) is 43.8. The topological polar surface area (TPSA) is 8.17 Å². The highest BCUT2D eigenvalue weighted by atomic mass is 15.1. The molecule has 1 aromatic heterocycles. The summed E-state index contributed by atoms with van der Waals surface area (Å²) in [5, 5.41) is 5.01. The molecule has 0 unspecified atom stereocenters. The maximum absolute atomic E-state index is 2.44. The van der Waals surface area contributed by atoms with E-state index >= 15 is 0 Å². The molecule has 66 heavy (non-hydrogen) atoms. The highest BCUT2D eigenvalue weighted by Gasteiger charge is 2.21. The Hall–Kier alpha value is -8.72. The number of anilines is 3. The molecule has 0 bridgehead atoms. The number of hydrogen-bond acceptors (Lipinski definition) is 1. The van der Waals surface area contributed by atoms with E-state index in [1.807, 2.05) is 0 Å². The summed E-state index contributed by atoms with van der Waals surface area (Å²) < 4.78 is 2.43. The first-order valence-electron chi connectivity index (χ1n) is 22.7. The lowest BCUT2D eigenvalue weighted by molar-refractivity contribution is 1.18. The second kappa shape index (κ2) is 16.8. The summed E-state index contributed by atoms with van der Waals surface area (Å²) in [4.78, 5) is 2.44. The zero-order valence-corrected chi connectivity index (χ0v) is 36.3. The van der Waals surface area contributed by atoms with Crippen molar-refractivity contribution in [1.29, 1.82) is 0 Å². The second-order valence-corrected chi connectivity index (χ2v) is 16.9. The van der Waals surface area contributed by atoms with E-state index in [1.54, 1.807) is 0 Å². The molecule has 12 rings (SSSR count). The molecular weight excluding hydrogens is 797 g/mol. The van der Waals surface area contributed by atoms with E-state index in [9.17, 15) is 0 Å². The average Bonchev–Trinajstić information content (AvgIpc) is 3.74. The SMILES string of the molecule is c1ccc(-c2cccc(N(c3cccc(-c4ccc(-c5cccc6ccccc56)cc4)c3)c3ccc(-c4ccccc4-n4c5ccccc5c5ccccc54)cc3-c3ccccc3)c2)cc1. The molecule has 0 fully saturated rings. The molecule has 0 atom stereocenters. The fourth-order valence-electron chi connectivity index (χ4n) is 9.87. The van der Waals surface area contributed by atoms with E-state index in [4.69, 9.17) is 0 Å². The molecule has 0 spiro atoms. The number of aromatic nitrogens is 1. The Bertz CT molecular complexity index is 3640. The molecule has 2 heteroatoms. The number of hydrogen-bond donors (Lipinski definition) is 0. The van der Waals surface area contributed by atoms with Gasteiger partial charge >= 0.3 is 0 Å². The van der Waals surface area contributed by atoms with Crippen LogP contribution in [0.3, 0.4) is 0 Å². The third-order valence-corrected chi connectivity index (χ3v) is 13.0. The van der Waals surface area contributed by atoms with Crippen molar-refractivity contribution >= 4 is 49.6 Å². The minimum Gasteiger partial charge on any atom is -0.310 e. The molecule has 0 radical (unpaired) electrons. The van der Waals surface area contributed by atoms with Crippen molar-refractivity contribution < 1.29 is 0 Å². The molecule has 0 saturated carbocycles. The van der Waals surface area contributed by atoms with E-state index in [0.29, 0.717) is 0 Å². The lowest BCUT2D eigenvalue weighted by Gasteiger charge is -2.29. The van der Waals surface area contributed by atoms with E-state index in [1.165, 1.54) is 60.4 Å². The van der Waals surface area contributed by atoms with Gasteiger partial charge in [-0.25, -0.2) is 0 Å². The maximum Gasteiger partial charge on any atom is 0.0541 e. The van der Waals surface area contributed by atoms with Crippen LogP contribution in [0, 0.1) is 0 Å². The molecule has 0 aliphatic rings. The first-order chi connectivity index (χ1) is 32.7. The van der Waals surface area contributed by atoms with Gasteiger partial charge in [0.2, 0.25) is 0 Å². The van der Waals surface area contributed by atoms with Crippen molar-refractivity contribution in [2.75, 3.05) is 4.90 Å². The minimum absolute atomic E-state index is 1.08. The Kier molecular flexibility index (Phi) is 9.89. The summed E-state index contributed by atoms with van der Waals surface area (Å²) in [5.41, 5.74) is 18.5. The summed E-state index contributed by atoms with van der Waals surface area (Å²) in [5.74, 6) is 0. The molecule has 0 amide bonds. The highest BCUT2D eigenvalue weighted by Crippen LogP contribution is 2.46. The van der Waals surface area contributed by atoms with Crippen molar-refractivity contribution in [2.24, 2.45) is 0 Å². The lowest BCUT2D eigenvalue weighted by atomic mass is 9.94. The van der Waals surface area contributed by atoms with E-state index in [-0.39, 0.29) is 0 Å². The average molecular weight is 841 g/mol. The fraction of sp³-hybridized carbons (Fsp3) is 0. The van der Waals surface area contributed by atoms with Gasteiger partial charge in [0.15, 0.2) is 0 Å². The first-order valence-corrected chi connectivity index (χ1v) is 22.7. The number of rotatable bonds is 9. The normalized spacial score (nSPS) is 11.3. The van der Waals surface area contributed by atoms with Gasteiger partial charge < -0.3 is 9.47 Å². The predicted octanol–water partition coefficient (Wildman–Crippen LogP) is 17.7. The van der Waals surface area contributed by atoms with E-state index in [2.05, 4.69) is 276 Å². The number of para-hydroxylation sites is 3. The van der Waals surface area contributed by atoms with Gasteiger partial charge in [-0.1, -0.05) is 212 Å². The van der Waals surface area contributed by atoms with Gasteiger partial charge in [0.05, 0.1) is 22.4 Å². The monoisotopic (exact) mass is 840 g/mol. The van der Waals surface area contributed by atoms with Crippen molar-refractivity contribution in [3.63, 3.8) is 0 Å². The van der Waals surface area contributed by atoms with Crippen molar-refractivity contribution in [3.8, 4) is 61.3 Å². The Morgan fingerprint density at radius 1 is 0.258 bits per heavy atom. The Morgan fingerprint density at radius 2 is 0.712 bits per heavy atom. The van der Waals surface area contributed by atoms with E-state index < -0.39 is 0 Å².